The summed E-state index contributed by atoms with van der Waals surface area (Å²) in [7, 11) is 0. The van der Waals surface area contributed by atoms with E-state index in [2.05, 4.69) is 20.9 Å². The molecule has 0 aliphatic rings. The highest BCUT2D eigenvalue weighted by Gasteiger charge is 2.07. The van der Waals surface area contributed by atoms with Crippen molar-refractivity contribution in [3.8, 4) is 11.5 Å². The van der Waals surface area contributed by atoms with Crippen molar-refractivity contribution in [2.24, 2.45) is 0 Å². The Morgan fingerprint density at radius 2 is 2.00 bits per heavy atom. The van der Waals surface area contributed by atoms with Gasteiger partial charge in [-0.2, -0.15) is 0 Å². The predicted molar refractivity (Wildman–Crippen MR) is 86.6 cm³/mol. The molecule has 0 aliphatic heterocycles. The number of rotatable bonds is 3. The average Bonchev–Trinajstić information content (AvgIpc) is 2.49. The maximum Gasteiger partial charge on any atom is 0.141 e. The first-order valence-electron chi connectivity index (χ1n) is 6.63. The van der Waals surface area contributed by atoms with Crippen LogP contribution in [0.25, 0.3) is 10.9 Å². The molecule has 3 aromatic rings. The van der Waals surface area contributed by atoms with Gasteiger partial charge < -0.3 is 9.84 Å². The van der Waals surface area contributed by atoms with Crippen LogP contribution in [0.5, 0.6) is 11.5 Å². The smallest absolute Gasteiger partial charge is 0.141 e. The molecule has 106 valence electrons. The number of ether oxygens (including phenoxy) is 1. The lowest BCUT2D eigenvalue weighted by Crippen LogP contribution is -1.92. The molecule has 1 N–H and O–H groups in total. The standard InChI is InChI=1S/C17H14BrNO2/c1-11(20)13-5-7-17(15(18)9-13)21-14-6-4-12-3-2-8-19-16(12)10-14/h2-11,20H,1H3/t11-/m1/s1. The van der Waals surface area contributed by atoms with Crippen molar-refractivity contribution < 1.29 is 9.84 Å². The van der Waals surface area contributed by atoms with Crippen LogP contribution in [-0.2, 0) is 0 Å². The molecule has 0 saturated carbocycles. The fourth-order valence-electron chi connectivity index (χ4n) is 2.10. The second kappa shape index (κ2) is 5.84. The maximum absolute atomic E-state index is 9.58. The summed E-state index contributed by atoms with van der Waals surface area (Å²) in [4.78, 5) is 4.32. The summed E-state index contributed by atoms with van der Waals surface area (Å²) in [6, 6.07) is 15.3. The van der Waals surface area contributed by atoms with E-state index in [4.69, 9.17) is 4.74 Å². The van der Waals surface area contributed by atoms with Crippen LogP contribution in [0.3, 0.4) is 0 Å². The molecular weight excluding hydrogens is 330 g/mol. The number of aliphatic hydroxyl groups excluding tert-OH is 1. The van der Waals surface area contributed by atoms with Gasteiger partial charge in [-0.1, -0.05) is 12.1 Å². The van der Waals surface area contributed by atoms with Crippen molar-refractivity contribution >= 4 is 26.8 Å². The zero-order valence-electron chi connectivity index (χ0n) is 11.5. The van der Waals surface area contributed by atoms with Gasteiger partial charge in [0.25, 0.3) is 0 Å². The second-order valence-corrected chi connectivity index (χ2v) is 5.68. The van der Waals surface area contributed by atoms with Gasteiger partial charge in [-0.3, -0.25) is 4.98 Å². The van der Waals surface area contributed by atoms with Crippen molar-refractivity contribution in [1.29, 1.82) is 0 Å². The minimum Gasteiger partial charge on any atom is -0.456 e. The van der Waals surface area contributed by atoms with Crippen LogP contribution < -0.4 is 4.74 Å². The Kier molecular flexibility index (Phi) is 3.90. The highest BCUT2D eigenvalue weighted by molar-refractivity contribution is 9.10. The third-order valence-corrected chi connectivity index (χ3v) is 3.86. The quantitative estimate of drug-likeness (QED) is 0.739. The summed E-state index contributed by atoms with van der Waals surface area (Å²) in [5, 5.41) is 10.7. The summed E-state index contributed by atoms with van der Waals surface area (Å²) in [6.45, 7) is 1.73. The number of fused-ring (bicyclic) bond motifs is 1. The monoisotopic (exact) mass is 343 g/mol. The SMILES string of the molecule is C[C@@H](O)c1ccc(Oc2ccc3cccnc3c2)c(Br)c1. The molecule has 0 bridgehead atoms. The van der Waals surface area contributed by atoms with Gasteiger partial charge in [0.2, 0.25) is 0 Å². The zero-order valence-corrected chi connectivity index (χ0v) is 13.0. The fraction of sp³-hybridized carbons (Fsp3) is 0.118. The fourth-order valence-corrected chi connectivity index (χ4v) is 2.57. The number of aromatic nitrogens is 1. The first kappa shape index (κ1) is 14.0. The van der Waals surface area contributed by atoms with E-state index in [1.807, 2.05) is 48.5 Å². The lowest BCUT2D eigenvalue weighted by atomic mass is 10.1. The molecule has 1 heterocycles. The third kappa shape index (κ3) is 3.06. The predicted octanol–water partition coefficient (Wildman–Crippen LogP) is 4.84. The number of pyridine rings is 1. The third-order valence-electron chi connectivity index (χ3n) is 3.24. The molecule has 0 fully saturated rings. The van der Waals surface area contributed by atoms with Crippen LogP contribution in [0.2, 0.25) is 0 Å². The molecule has 0 radical (unpaired) electrons. The number of hydrogen-bond donors (Lipinski definition) is 1. The van der Waals surface area contributed by atoms with E-state index >= 15 is 0 Å². The van der Waals surface area contributed by atoms with E-state index < -0.39 is 6.10 Å². The van der Waals surface area contributed by atoms with Crippen molar-refractivity contribution in [3.05, 3.63) is 64.8 Å². The molecule has 3 nitrogen and oxygen atoms in total. The van der Waals surface area contributed by atoms with Gasteiger partial charge in [0, 0.05) is 17.6 Å². The van der Waals surface area contributed by atoms with E-state index in [-0.39, 0.29) is 0 Å². The number of nitrogens with zero attached hydrogens (tertiary/aromatic N) is 1. The minimum atomic E-state index is -0.500. The Labute approximate surface area is 131 Å². The van der Waals surface area contributed by atoms with E-state index in [0.29, 0.717) is 5.75 Å². The first-order chi connectivity index (χ1) is 10.1. The summed E-state index contributed by atoms with van der Waals surface area (Å²) < 4.78 is 6.69. The van der Waals surface area contributed by atoms with Crippen molar-refractivity contribution in [2.45, 2.75) is 13.0 Å². The molecule has 0 unspecified atom stereocenters. The van der Waals surface area contributed by atoms with Crippen LogP contribution in [0, 0.1) is 0 Å². The largest absolute Gasteiger partial charge is 0.456 e. The Balaban J connectivity index is 1.91. The molecule has 2 aromatic carbocycles. The molecule has 0 saturated heterocycles. The summed E-state index contributed by atoms with van der Waals surface area (Å²) in [6.07, 6.45) is 1.26. The van der Waals surface area contributed by atoms with E-state index in [9.17, 15) is 5.11 Å². The Bertz CT molecular complexity index is 787. The molecule has 21 heavy (non-hydrogen) atoms. The van der Waals surface area contributed by atoms with Gasteiger partial charge in [0.1, 0.15) is 11.5 Å². The lowest BCUT2D eigenvalue weighted by Gasteiger charge is -2.11. The van der Waals surface area contributed by atoms with E-state index in [0.717, 1.165) is 26.7 Å². The molecule has 0 aliphatic carbocycles. The van der Waals surface area contributed by atoms with Crippen molar-refractivity contribution in [3.63, 3.8) is 0 Å². The van der Waals surface area contributed by atoms with Crippen molar-refractivity contribution in [1.82, 2.24) is 4.98 Å². The first-order valence-corrected chi connectivity index (χ1v) is 7.43. The topological polar surface area (TPSA) is 42.4 Å². The van der Waals surface area contributed by atoms with Crippen LogP contribution >= 0.6 is 15.9 Å². The van der Waals surface area contributed by atoms with E-state index in [1.165, 1.54) is 0 Å². The summed E-state index contributed by atoms with van der Waals surface area (Å²) >= 11 is 3.47. The van der Waals surface area contributed by atoms with Gasteiger partial charge in [-0.15, -0.1) is 0 Å². The number of hydrogen-bond acceptors (Lipinski definition) is 3. The zero-order chi connectivity index (χ0) is 14.8. The molecule has 4 heteroatoms. The lowest BCUT2D eigenvalue weighted by molar-refractivity contribution is 0.199. The van der Waals surface area contributed by atoms with Crippen molar-refractivity contribution in [2.75, 3.05) is 0 Å². The van der Waals surface area contributed by atoms with E-state index in [1.54, 1.807) is 13.1 Å². The summed E-state index contributed by atoms with van der Waals surface area (Å²) in [5.41, 5.74) is 1.74. The highest BCUT2D eigenvalue weighted by atomic mass is 79.9. The Morgan fingerprint density at radius 1 is 1.14 bits per heavy atom. The molecule has 1 atom stereocenters. The van der Waals surface area contributed by atoms with Gasteiger partial charge in [-0.25, -0.2) is 0 Å². The highest BCUT2D eigenvalue weighted by Crippen LogP contribution is 2.32. The number of benzene rings is 2. The normalized spacial score (nSPS) is 12.3. The van der Waals surface area contributed by atoms with Crippen LogP contribution in [0.1, 0.15) is 18.6 Å². The molecule has 0 spiro atoms. The molecular formula is C17H14BrNO2. The van der Waals surface area contributed by atoms with Crippen LogP contribution in [0.4, 0.5) is 0 Å². The van der Waals surface area contributed by atoms with Gasteiger partial charge >= 0.3 is 0 Å². The average molecular weight is 344 g/mol. The molecule has 1 aromatic heterocycles. The van der Waals surface area contributed by atoms with Crippen LogP contribution in [0.15, 0.2) is 59.2 Å². The summed E-state index contributed by atoms with van der Waals surface area (Å²) in [5.74, 6) is 1.43. The Hall–Kier alpha value is -1.91. The maximum atomic E-state index is 9.58. The van der Waals surface area contributed by atoms with Gasteiger partial charge in [-0.05, 0) is 58.7 Å². The van der Waals surface area contributed by atoms with Crippen LogP contribution in [-0.4, -0.2) is 10.1 Å². The molecule has 0 amide bonds. The number of aliphatic hydroxyl groups is 1. The number of halogens is 1. The Morgan fingerprint density at radius 3 is 2.76 bits per heavy atom. The minimum absolute atomic E-state index is 0.500. The molecule has 3 rings (SSSR count). The second-order valence-electron chi connectivity index (χ2n) is 4.83. The van der Waals surface area contributed by atoms with Gasteiger partial charge in [0.15, 0.2) is 0 Å². The van der Waals surface area contributed by atoms with Gasteiger partial charge in [0.05, 0.1) is 16.1 Å².